The van der Waals surface area contributed by atoms with Gasteiger partial charge in [-0.2, -0.15) is 0 Å². The van der Waals surface area contributed by atoms with E-state index >= 15 is 0 Å². The summed E-state index contributed by atoms with van der Waals surface area (Å²) in [6, 6.07) is 5.16. The minimum atomic E-state index is -3.76. The topological polar surface area (TPSA) is 71.1 Å². The van der Waals surface area contributed by atoms with Crippen LogP contribution >= 0.6 is 0 Å². The number of rotatable bonds is 7. The van der Waals surface area contributed by atoms with E-state index in [1.54, 1.807) is 53.0 Å². The number of methoxy groups -OCH3 is 2. The maximum atomic E-state index is 12.0. The molecular weight excluding hydrogens is 493 g/mol. The van der Waals surface area contributed by atoms with Gasteiger partial charge in [-0.3, -0.25) is 0 Å². The summed E-state index contributed by atoms with van der Waals surface area (Å²) in [5.74, 6) is -0.205. The molecule has 126 valence electrons. The van der Waals surface area contributed by atoms with Crippen molar-refractivity contribution < 1.29 is 24.4 Å². The quantitative estimate of drug-likeness (QED) is 0.516. The van der Waals surface area contributed by atoms with Crippen LogP contribution in [0, 0.1) is 11.8 Å². The molecule has 0 fully saturated rings. The molecule has 0 spiro atoms. The summed E-state index contributed by atoms with van der Waals surface area (Å²) in [5.41, 5.74) is 0. The van der Waals surface area contributed by atoms with Gasteiger partial charge in [-0.1, -0.05) is 0 Å². The Kier molecular flexibility index (Phi) is 7.80. The average Bonchev–Trinajstić information content (AvgIpc) is 2.52. The van der Waals surface area contributed by atoms with Crippen molar-refractivity contribution in [3.63, 3.8) is 0 Å². The maximum absolute atomic E-state index is 12.0. The van der Waals surface area contributed by atoms with E-state index < -0.39 is 23.6 Å². The van der Waals surface area contributed by atoms with Gasteiger partial charge >= 0.3 is 147 Å². The van der Waals surface area contributed by atoms with Gasteiger partial charge in [0.15, 0.2) is 0 Å². The van der Waals surface area contributed by atoms with Crippen LogP contribution in [-0.2, 0) is 15.0 Å². The third-order valence-corrected chi connectivity index (χ3v) is 10.4. The van der Waals surface area contributed by atoms with E-state index in [0.29, 0.717) is 14.6 Å². The van der Waals surface area contributed by atoms with Gasteiger partial charge in [0.1, 0.15) is 0 Å². The Hall–Kier alpha value is -1.32. The van der Waals surface area contributed by atoms with Gasteiger partial charge in [0.2, 0.25) is 0 Å². The molecule has 0 unspecified atom stereocenters. The number of benzene rings is 1. The number of hydrogen-bond acceptors (Lipinski definition) is 6. The van der Waals surface area contributed by atoms with E-state index in [1.165, 1.54) is 7.11 Å². The van der Waals surface area contributed by atoms with Gasteiger partial charge in [-0.25, -0.2) is 0 Å². The third kappa shape index (κ3) is 5.67. The van der Waals surface area contributed by atoms with Crippen molar-refractivity contribution in [3.8, 4) is 11.5 Å². The first-order chi connectivity index (χ1) is 10.8. The number of carbonyl (C=O) groups excluding carboxylic acids is 2. The Labute approximate surface area is 146 Å². The van der Waals surface area contributed by atoms with Crippen molar-refractivity contribution in [2.24, 2.45) is 11.8 Å². The third-order valence-electron chi connectivity index (χ3n) is 3.08. The van der Waals surface area contributed by atoms with Crippen LogP contribution in [0.5, 0.6) is 11.5 Å². The van der Waals surface area contributed by atoms with E-state index in [-0.39, 0.29) is 23.8 Å². The van der Waals surface area contributed by atoms with Crippen LogP contribution in [0.1, 0.15) is 27.7 Å². The molecule has 0 aromatic heterocycles. The fourth-order valence-corrected chi connectivity index (χ4v) is 9.25. The van der Waals surface area contributed by atoms with Crippen LogP contribution < -0.4 is 12.6 Å². The minimum absolute atomic E-state index is 0.292. The molecule has 0 saturated carbocycles. The second-order valence-corrected chi connectivity index (χ2v) is 12.5. The molecule has 6 nitrogen and oxygen atoms in total. The SMILES string of the molecule is COc1cc[c]([Tl]([O]C(=O)C(C)C)[O]C(=O)C(C)C)c(OC)c1. The van der Waals surface area contributed by atoms with E-state index in [1.807, 2.05) is 0 Å². The molecule has 0 N–H and O–H groups in total. The monoisotopic (exact) mass is 516 g/mol. The normalized spacial score (nSPS) is 10.4. The summed E-state index contributed by atoms with van der Waals surface area (Å²) in [4.78, 5) is 24.0. The van der Waals surface area contributed by atoms with E-state index in [0.717, 1.165) is 0 Å². The van der Waals surface area contributed by atoms with Crippen molar-refractivity contribution >= 4 is 38.7 Å². The number of ether oxygens (including phenoxy) is 2. The predicted octanol–water partition coefficient (Wildman–Crippen LogP) is 1.80. The fraction of sp³-hybridized carbons (Fsp3) is 0.500. The van der Waals surface area contributed by atoms with Crippen LogP contribution in [0.15, 0.2) is 18.2 Å². The van der Waals surface area contributed by atoms with Gasteiger partial charge in [0, 0.05) is 0 Å². The molecule has 0 bridgehead atoms. The van der Waals surface area contributed by atoms with Crippen molar-refractivity contribution in [2.45, 2.75) is 27.7 Å². The second kappa shape index (κ2) is 9.09. The Bertz CT molecular complexity index is 534. The van der Waals surface area contributed by atoms with Gasteiger partial charge in [0.25, 0.3) is 0 Å². The molecule has 0 radical (unpaired) electrons. The first kappa shape index (κ1) is 19.7. The average molecular weight is 516 g/mol. The second-order valence-electron chi connectivity index (χ2n) is 5.62. The Morgan fingerprint density at radius 1 is 0.913 bits per heavy atom. The summed E-state index contributed by atoms with van der Waals surface area (Å²) in [5, 5.41) is 0. The summed E-state index contributed by atoms with van der Waals surface area (Å²) >= 11 is -3.76. The van der Waals surface area contributed by atoms with Crippen molar-refractivity contribution in [2.75, 3.05) is 14.2 Å². The Balaban J connectivity index is 3.16. The molecule has 23 heavy (non-hydrogen) atoms. The van der Waals surface area contributed by atoms with Crippen molar-refractivity contribution in [3.05, 3.63) is 18.2 Å². The van der Waals surface area contributed by atoms with E-state index in [9.17, 15) is 9.59 Å². The van der Waals surface area contributed by atoms with Crippen molar-refractivity contribution in [1.82, 2.24) is 0 Å². The van der Waals surface area contributed by atoms with Gasteiger partial charge in [-0.05, 0) is 0 Å². The molecule has 7 heteroatoms. The van der Waals surface area contributed by atoms with Gasteiger partial charge in [-0.15, -0.1) is 0 Å². The zero-order chi connectivity index (χ0) is 17.6. The van der Waals surface area contributed by atoms with Gasteiger partial charge < -0.3 is 0 Å². The molecule has 0 heterocycles. The van der Waals surface area contributed by atoms with Crippen LogP contribution in [0.3, 0.4) is 0 Å². The first-order valence-electron chi connectivity index (χ1n) is 7.43. The summed E-state index contributed by atoms with van der Waals surface area (Å²) in [6.45, 7) is 6.96. The number of carbonyl (C=O) groups is 2. The summed E-state index contributed by atoms with van der Waals surface area (Å²) in [7, 11) is 3.06. The molecule has 0 aliphatic heterocycles. The molecule has 0 saturated heterocycles. The molecular formula is C16H23O6Tl. The molecule has 0 atom stereocenters. The Morgan fingerprint density at radius 3 is 1.83 bits per heavy atom. The molecule has 1 aromatic rings. The Morgan fingerprint density at radius 2 is 1.43 bits per heavy atom. The predicted molar refractivity (Wildman–Crippen MR) is 86.8 cm³/mol. The van der Waals surface area contributed by atoms with Crippen LogP contribution in [0.25, 0.3) is 0 Å². The van der Waals surface area contributed by atoms with Crippen LogP contribution in [0.4, 0.5) is 0 Å². The zero-order valence-electron chi connectivity index (χ0n) is 14.4. The molecule has 1 rings (SSSR count). The summed E-state index contributed by atoms with van der Waals surface area (Å²) < 4.78 is 22.3. The fourth-order valence-electron chi connectivity index (χ4n) is 1.65. The van der Waals surface area contributed by atoms with Gasteiger partial charge in [0.05, 0.1) is 0 Å². The summed E-state index contributed by atoms with van der Waals surface area (Å²) in [6.07, 6.45) is 0. The zero-order valence-corrected chi connectivity index (χ0v) is 18.9. The molecule has 0 aliphatic carbocycles. The van der Waals surface area contributed by atoms with Crippen LogP contribution in [-0.4, -0.2) is 49.8 Å². The van der Waals surface area contributed by atoms with E-state index in [4.69, 9.17) is 14.8 Å². The standard InChI is InChI=1S/C8H9O2.2C4H8O2.Tl/c1-9-7-4-3-5-8(6-7)10-2;2*1-3(2)4(5)6;/h3-4,6H,1-2H3;2*3H,1-2H3,(H,5,6);/q;;;+2/p-2. The number of hydrogen-bond donors (Lipinski definition) is 0. The molecule has 1 aromatic carbocycles. The first-order valence-corrected chi connectivity index (χ1v) is 13.3. The van der Waals surface area contributed by atoms with E-state index in [2.05, 4.69) is 0 Å². The van der Waals surface area contributed by atoms with Crippen molar-refractivity contribution in [1.29, 1.82) is 0 Å². The van der Waals surface area contributed by atoms with Crippen LogP contribution in [0.2, 0.25) is 0 Å². The molecule has 0 aliphatic rings. The molecule has 0 amide bonds.